The Morgan fingerprint density at radius 2 is 1.75 bits per heavy atom. The Bertz CT molecular complexity index is 512. The van der Waals surface area contributed by atoms with Crippen molar-refractivity contribution in [3.05, 3.63) is 29.3 Å². The maximum atomic E-state index is 12.7. The highest BCUT2D eigenvalue weighted by molar-refractivity contribution is 5.54. The zero-order chi connectivity index (χ0) is 15.6. The van der Waals surface area contributed by atoms with Crippen LogP contribution in [0.25, 0.3) is 0 Å². The molecule has 8 heteroatoms. The van der Waals surface area contributed by atoms with Crippen molar-refractivity contribution in [1.82, 2.24) is 0 Å². The lowest BCUT2D eigenvalue weighted by atomic mass is 10.1. The van der Waals surface area contributed by atoms with Crippen molar-refractivity contribution >= 4 is 5.69 Å². The topological polar surface area (TPSA) is 27.0 Å². The van der Waals surface area contributed by atoms with Crippen LogP contribution in [0.4, 0.5) is 32.0 Å². The molecule has 0 aliphatic heterocycles. The van der Waals surface area contributed by atoms with E-state index >= 15 is 0 Å². The van der Waals surface area contributed by atoms with Gasteiger partial charge in [0.1, 0.15) is 0 Å². The van der Waals surface area contributed by atoms with Gasteiger partial charge in [0, 0.05) is 19.3 Å². The second kappa shape index (κ2) is 5.61. The fourth-order valence-corrected chi connectivity index (χ4v) is 1.53. The van der Waals surface area contributed by atoms with E-state index < -0.39 is 36.4 Å². The van der Waals surface area contributed by atoms with Gasteiger partial charge in [0.05, 0.1) is 23.6 Å². The first-order valence-electron chi connectivity index (χ1n) is 5.44. The summed E-state index contributed by atoms with van der Waals surface area (Å²) in [7, 11) is 1.26. The summed E-state index contributed by atoms with van der Waals surface area (Å²) in [5.41, 5.74) is -1.75. The molecule has 0 spiro atoms. The Morgan fingerprint density at radius 3 is 2.20 bits per heavy atom. The van der Waals surface area contributed by atoms with Crippen molar-refractivity contribution in [2.24, 2.45) is 0 Å². The zero-order valence-electron chi connectivity index (χ0n) is 10.3. The zero-order valence-corrected chi connectivity index (χ0v) is 10.3. The predicted octanol–water partition coefficient (Wildman–Crippen LogP) is 3.97. The number of hydrogen-bond acceptors (Lipinski definition) is 2. The van der Waals surface area contributed by atoms with Crippen molar-refractivity contribution in [3.63, 3.8) is 0 Å². The standard InChI is InChI=1S/C12H10F6N2/c1-20(5-4-11(13,14)15)9-3-2-8(7-19)10(6-9)12(16,17)18/h2-3,6H,4-5H2,1H3. The Kier molecular flexibility index (Phi) is 4.53. The number of halogens is 6. The maximum absolute atomic E-state index is 12.7. The summed E-state index contributed by atoms with van der Waals surface area (Å²) in [6.07, 6.45) is -10.2. The quantitative estimate of drug-likeness (QED) is 0.789. The second-order valence-electron chi connectivity index (χ2n) is 4.13. The lowest BCUT2D eigenvalue weighted by molar-refractivity contribution is -0.138. The summed E-state index contributed by atoms with van der Waals surface area (Å²) < 4.78 is 74.3. The molecule has 0 atom stereocenters. The molecule has 2 nitrogen and oxygen atoms in total. The van der Waals surface area contributed by atoms with Crippen LogP contribution >= 0.6 is 0 Å². The summed E-state index contributed by atoms with van der Waals surface area (Å²) in [6, 6.07) is 4.21. The number of alkyl halides is 6. The molecule has 1 aromatic rings. The number of nitrogens with zero attached hydrogens (tertiary/aromatic N) is 2. The highest BCUT2D eigenvalue weighted by atomic mass is 19.4. The first kappa shape index (κ1) is 16.1. The lowest BCUT2D eigenvalue weighted by Crippen LogP contribution is -2.24. The Hall–Kier alpha value is -1.91. The minimum absolute atomic E-state index is 0.0272. The number of hydrogen-bond donors (Lipinski definition) is 0. The third-order valence-corrected chi connectivity index (χ3v) is 2.60. The van der Waals surface area contributed by atoms with Gasteiger partial charge in [-0.3, -0.25) is 0 Å². The molecular weight excluding hydrogens is 286 g/mol. The first-order chi connectivity index (χ1) is 9.04. The van der Waals surface area contributed by atoms with E-state index in [1.807, 2.05) is 0 Å². The molecule has 0 aliphatic carbocycles. The van der Waals surface area contributed by atoms with Crippen LogP contribution in [-0.4, -0.2) is 19.8 Å². The molecule has 0 heterocycles. The molecule has 0 aromatic heterocycles. The predicted molar refractivity (Wildman–Crippen MR) is 60.1 cm³/mol. The van der Waals surface area contributed by atoms with Crippen LogP contribution < -0.4 is 4.90 Å². The Morgan fingerprint density at radius 1 is 1.15 bits per heavy atom. The van der Waals surface area contributed by atoms with Crippen LogP contribution in [-0.2, 0) is 6.18 Å². The minimum atomic E-state index is -4.73. The van der Waals surface area contributed by atoms with Crippen molar-refractivity contribution in [3.8, 4) is 6.07 Å². The van der Waals surface area contributed by atoms with Gasteiger partial charge in [0.15, 0.2) is 0 Å². The average molecular weight is 296 g/mol. The summed E-state index contributed by atoms with van der Waals surface area (Å²) in [4.78, 5) is 1.06. The molecule has 0 N–H and O–H groups in total. The third kappa shape index (κ3) is 4.33. The molecule has 0 saturated heterocycles. The fourth-order valence-electron chi connectivity index (χ4n) is 1.53. The highest BCUT2D eigenvalue weighted by Crippen LogP contribution is 2.34. The normalized spacial score (nSPS) is 12.1. The molecule has 0 unspecified atom stereocenters. The van der Waals surface area contributed by atoms with Gasteiger partial charge in [-0.2, -0.15) is 31.6 Å². The number of rotatable bonds is 3. The van der Waals surface area contributed by atoms with Crippen LogP contribution in [0.5, 0.6) is 0 Å². The van der Waals surface area contributed by atoms with E-state index in [0.29, 0.717) is 6.07 Å². The van der Waals surface area contributed by atoms with E-state index in [1.54, 1.807) is 0 Å². The Labute approximate surface area is 111 Å². The van der Waals surface area contributed by atoms with E-state index in [4.69, 9.17) is 5.26 Å². The largest absolute Gasteiger partial charge is 0.417 e. The molecule has 0 fully saturated rings. The van der Waals surface area contributed by atoms with Gasteiger partial charge in [-0.1, -0.05) is 0 Å². The molecular formula is C12H10F6N2. The third-order valence-electron chi connectivity index (χ3n) is 2.60. The molecule has 0 bridgehead atoms. The SMILES string of the molecule is CN(CCC(F)(F)F)c1ccc(C#N)c(C(F)(F)F)c1. The summed E-state index contributed by atoms with van der Waals surface area (Å²) >= 11 is 0. The number of nitriles is 1. The van der Waals surface area contributed by atoms with Gasteiger partial charge in [-0.15, -0.1) is 0 Å². The molecule has 20 heavy (non-hydrogen) atoms. The van der Waals surface area contributed by atoms with Gasteiger partial charge in [0.2, 0.25) is 0 Å². The molecule has 0 aliphatic rings. The molecule has 0 amide bonds. The van der Waals surface area contributed by atoms with Crippen LogP contribution in [0.15, 0.2) is 18.2 Å². The van der Waals surface area contributed by atoms with Crippen molar-refractivity contribution < 1.29 is 26.3 Å². The summed E-state index contributed by atoms with van der Waals surface area (Å²) in [5, 5.41) is 8.61. The van der Waals surface area contributed by atoms with Crippen molar-refractivity contribution in [1.29, 1.82) is 5.26 Å². The van der Waals surface area contributed by atoms with Crippen LogP contribution in [0.2, 0.25) is 0 Å². The number of benzene rings is 1. The van der Waals surface area contributed by atoms with Gasteiger partial charge in [0.25, 0.3) is 0 Å². The monoisotopic (exact) mass is 296 g/mol. The lowest BCUT2D eigenvalue weighted by Gasteiger charge is -2.21. The smallest absolute Gasteiger partial charge is 0.374 e. The molecule has 110 valence electrons. The molecule has 0 saturated carbocycles. The van der Waals surface area contributed by atoms with E-state index in [0.717, 1.165) is 11.0 Å². The first-order valence-corrected chi connectivity index (χ1v) is 5.44. The maximum Gasteiger partial charge on any atom is 0.417 e. The van der Waals surface area contributed by atoms with Crippen LogP contribution in [0.1, 0.15) is 17.5 Å². The highest BCUT2D eigenvalue weighted by Gasteiger charge is 2.34. The van der Waals surface area contributed by atoms with Gasteiger partial charge in [-0.25, -0.2) is 0 Å². The summed E-state index contributed by atoms with van der Waals surface area (Å²) in [6.45, 7) is -0.466. The van der Waals surface area contributed by atoms with Crippen molar-refractivity contribution in [2.75, 3.05) is 18.5 Å². The van der Waals surface area contributed by atoms with E-state index in [9.17, 15) is 26.3 Å². The fraction of sp³-hybridized carbons (Fsp3) is 0.417. The van der Waals surface area contributed by atoms with Gasteiger partial charge in [-0.05, 0) is 18.2 Å². The molecule has 1 rings (SSSR count). The van der Waals surface area contributed by atoms with E-state index in [-0.39, 0.29) is 5.69 Å². The van der Waals surface area contributed by atoms with E-state index in [1.165, 1.54) is 19.2 Å². The Balaban J connectivity index is 3.01. The van der Waals surface area contributed by atoms with Gasteiger partial charge < -0.3 is 4.90 Å². The van der Waals surface area contributed by atoms with Crippen molar-refractivity contribution in [2.45, 2.75) is 18.8 Å². The molecule has 0 radical (unpaired) electrons. The minimum Gasteiger partial charge on any atom is -0.374 e. The van der Waals surface area contributed by atoms with Crippen LogP contribution in [0.3, 0.4) is 0 Å². The van der Waals surface area contributed by atoms with E-state index in [2.05, 4.69) is 0 Å². The molecule has 1 aromatic carbocycles. The summed E-state index contributed by atoms with van der Waals surface area (Å²) in [5.74, 6) is 0. The van der Waals surface area contributed by atoms with Crippen LogP contribution in [0, 0.1) is 11.3 Å². The number of anilines is 1. The average Bonchev–Trinajstić information content (AvgIpc) is 2.33. The second-order valence-corrected chi connectivity index (χ2v) is 4.13. The van der Waals surface area contributed by atoms with Gasteiger partial charge >= 0.3 is 12.4 Å².